The minimum atomic E-state index is -0.434. The number of carbonyl (C=O) groups excluding carboxylic acids is 1. The molecule has 0 N–H and O–H groups in total. The SMILES string of the molecule is O=C(CC(c1ccccc1F)c1cn(Cc2ccc(F)cc2)c2ccccc12)N1CCOCC1. The molecule has 3 aromatic carbocycles. The van der Waals surface area contributed by atoms with Crippen molar-refractivity contribution in [2.75, 3.05) is 26.3 Å². The molecule has 1 aromatic heterocycles. The Morgan fingerprint density at radius 1 is 0.882 bits per heavy atom. The van der Waals surface area contributed by atoms with Crippen molar-refractivity contribution in [2.24, 2.45) is 0 Å². The van der Waals surface area contributed by atoms with Crippen LogP contribution in [0.4, 0.5) is 8.78 Å². The van der Waals surface area contributed by atoms with Crippen LogP contribution in [-0.4, -0.2) is 41.7 Å². The van der Waals surface area contributed by atoms with Gasteiger partial charge in [0.2, 0.25) is 5.91 Å². The van der Waals surface area contributed by atoms with Gasteiger partial charge in [-0.3, -0.25) is 4.79 Å². The first-order valence-electron chi connectivity index (χ1n) is 11.5. The highest BCUT2D eigenvalue weighted by molar-refractivity contribution is 5.87. The molecule has 1 amide bonds. The summed E-state index contributed by atoms with van der Waals surface area (Å²) in [6.07, 6.45) is 2.18. The predicted octanol–water partition coefficient (Wildman–Crippen LogP) is 5.35. The van der Waals surface area contributed by atoms with Crippen molar-refractivity contribution < 1.29 is 18.3 Å². The van der Waals surface area contributed by atoms with Gasteiger partial charge in [-0.15, -0.1) is 0 Å². The summed E-state index contributed by atoms with van der Waals surface area (Å²) in [6, 6.07) is 21.1. The lowest BCUT2D eigenvalue weighted by Gasteiger charge is -2.28. The first-order valence-corrected chi connectivity index (χ1v) is 11.5. The first kappa shape index (κ1) is 22.3. The fourth-order valence-corrected chi connectivity index (χ4v) is 4.73. The minimum absolute atomic E-state index is 0.00748. The summed E-state index contributed by atoms with van der Waals surface area (Å²) in [7, 11) is 0. The number of amides is 1. The van der Waals surface area contributed by atoms with Crippen molar-refractivity contribution in [1.29, 1.82) is 0 Å². The molecule has 0 spiro atoms. The van der Waals surface area contributed by atoms with Crippen LogP contribution in [0, 0.1) is 11.6 Å². The maximum Gasteiger partial charge on any atom is 0.223 e. The predicted molar refractivity (Wildman–Crippen MR) is 128 cm³/mol. The third kappa shape index (κ3) is 4.59. The van der Waals surface area contributed by atoms with Crippen molar-refractivity contribution >= 4 is 16.8 Å². The lowest BCUT2D eigenvalue weighted by atomic mass is 9.87. The fraction of sp³-hybridized carbons (Fsp3) is 0.250. The van der Waals surface area contributed by atoms with Gasteiger partial charge in [-0.1, -0.05) is 48.5 Å². The molecule has 0 saturated carbocycles. The van der Waals surface area contributed by atoms with E-state index in [0.717, 1.165) is 22.0 Å². The number of ether oxygens (including phenoxy) is 1. The van der Waals surface area contributed by atoms with Gasteiger partial charge in [-0.25, -0.2) is 8.78 Å². The third-order valence-electron chi connectivity index (χ3n) is 6.48. The largest absolute Gasteiger partial charge is 0.378 e. The molecule has 0 bridgehead atoms. The van der Waals surface area contributed by atoms with Crippen LogP contribution in [0.1, 0.15) is 29.0 Å². The molecular formula is C28H26F2N2O2. The van der Waals surface area contributed by atoms with E-state index < -0.39 is 5.92 Å². The maximum absolute atomic E-state index is 15.0. The number of benzene rings is 3. The van der Waals surface area contributed by atoms with Crippen LogP contribution in [0.5, 0.6) is 0 Å². The van der Waals surface area contributed by atoms with Crippen molar-refractivity contribution in [3.05, 3.63) is 107 Å². The number of hydrogen-bond donors (Lipinski definition) is 0. The Labute approximate surface area is 197 Å². The minimum Gasteiger partial charge on any atom is -0.378 e. The topological polar surface area (TPSA) is 34.5 Å². The Balaban J connectivity index is 1.57. The Morgan fingerprint density at radius 2 is 1.59 bits per heavy atom. The molecule has 174 valence electrons. The highest BCUT2D eigenvalue weighted by Gasteiger charge is 2.27. The van der Waals surface area contributed by atoms with Gasteiger partial charge in [-0.2, -0.15) is 0 Å². The van der Waals surface area contributed by atoms with Crippen LogP contribution in [0.25, 0.3) is 10.9 Å². The normalized spacial score (nSPS) is 14.9. The third-order valence-corrected chi connectivity index (χ3v) is 6.48. The van der Waals surface area contributed by atoms with Gasteiger partial charge in [-0.05, 0) is 41.0 Å². The van der Waals surface area contributed by atoms with E-state index in [9.17, 15) is 9.18 Å². The molecule has 1 saturated heterocycles. The first-order chi connectivity index (χ1) is 16.6. The Hall–Kier alpha value is -3.51. The molecule has 4 nitrogen and oxygen atoms in total. The fourth-order valence-electron chi connectivity index (χ4n) is 4.73. The average Bonchev–Trinajstić information content (AvgIpc) is 3.23. The van der Waals surface area contributed by atoms with Gasteiger partial charge in [0, 0.05) is 49.1 Å². The molecule has 2 heterocycles. The van der Waals surface area contributed by atoms with E-state index in [0.29, 0.717) is 38.4 Å². The highest BCUT2D eigenvalue weighted by atomic mass is 19.1. The summed E-state index contributed by atoms with van der Waals surface area (Å²) in [5, 5.41) is 0.979. The number of rotatable bonds is 6. The summed E-state index contributed by atoms with van der Waals surface area (Å²) in [6.45, 7) is 2.69. The zero-order valence-electron chi connectivity index (χ0n) is 18.8. The number of aromatic nitrogens is 1. The van der Waals surface area contributed by atoms with Gasteiger partial charge in [0.15, 0.2) is 0 Å². The molecule has 1 unspecified atom stereocenters. The smallest absolute Gasteiger partial charge is 0.223 e. The van der Waals surface area contributed by atoms with Crippen molar-refractivity contribution in [3.8, 4) is 0 Å². The molecule has 1 fully saturated rings. The van der Waals surface area contributed by atoms with E-state index >= 15 is 4.39 Å². The monoisotopic (exact) mass is 460 g/mol. The lowest BCUT2D eigenvalue weighted by molar-refractivity contribution is -0.135. The highest BCUT2D eigenvalue weighted by Crippen LogP contribution is 2.36. The van der Waals surface area contributed by atoms with E-state index in [2.05, 4.69) is 4.57 Å². The summed E-state index contributed by atoms with van der Waals surface area (Å²) >= 11 is 0. The van der Waals surface area contributed by atoms with E-state index in [4.69, 9.17) is 4.74 Å². The summed E-state index contributed by atoms with van der Waals surface area (Å²) in [4.78, 5) is 15.0. The Kier molecular flexibility index (Phi) is 6.41. The molecule has 1 aliphatic rings. The van der Waals surface area contributed by atoms with Crippen molar-refractivity contribution in [3.63, 3.8) is 0 Å². The molecule has 0 radical (unpaired) electrons. The number of fused-ring (bicyclic) bond motifs is 1. The second kappa shape index (κ2) is 9.77. The summed E-state index contributed by atoms with van der Waals surface area (Å²) in [5.74, 6) is -1.04. The average molecular weight is 461 g/mol. The molecule has 6 heteroatoms. The van der Waals surface area contributed by atoms with Gasteiger partial charge in [0.1, 0.15) is 11.6 Å². The molecule has 5 rings (SSSR count). The molecule has 4 aromatic rings. The van der Waals surface area contributed by atoms with E-state index in [1.807, 2.05) is 36.5 Å². The molecule has 1 aliphatic heterocycles. The van der Waals surface area contributed by atoms with Crippen LogP contribution in [0.2, 0.25) is 0 Å². The number of hydrogen-bond acceptors (Lipinski definition) is 2. The molecule has 1 atom stereocenters. The second-order valence-electron chi connectivity index (χ2n) is 8.63. The van der Waals surface area contributed by atoms with Gasteiger partial charge in [0.05, 0.1) is 13.2 Å². The van der Waals surface area contributed by atoms with Crippen LogP contribution in [0.3, 0.4) is 0 Å². The Bertz CT molecular complexity index is 1290. The standard InChI is InChI=1S/C28H26F2N2O2/c29-21-11-9-20(10-12-21)18-32-19-25(23-6-2-4-8-27(23)32)24(22-5-1-3-7-26(22)30)17-28(33)31-13-15-34-16-14-31/h1-12,19,24H,13-18H2. The van der Waals surface area contributed by atoms with E-state index in [1.54, 1.807) is 29.2 Å². The number of morpholine rings is 1. The lowest BCUT2D eigenvalue weighted by Crippen LogP contribution is -2.41. The zero-order valence-corrected chi connectivity index (χ0v) is 18.8. The number of para-hydroxylation sites is 1. The summed E-state index contributed by atoms with van der Waals surface area (Å²) < 4.78 is 35.9. The second-order valence-corrected chi connectivity index (χ2v) is 8.63. The van der Waals surface area contributed by atoms with Crippen molar-refractivity contribution in [1.82, 2.24) is 9.47 Å². The number of carbonyl (C=O) groups is 1. The quantitative estimate of drug-likeness (QED) is 0.389. The van der Waals surface area contributed by atoms with Crippen LogP contribution in [-0.2, 0) is 16.1 Å². The number of nitrogens with zero attached hydrogens (tertiary/aromatic N) is 2. The molecular weight excluding hydrogens is 434 g/mol. The van der Waals surface area contributed by atoms with E-state index in [-0.39, 0.29) is 24.0 Å². The molecule has 0 aliphatic carbocycles. The maximum atomic E-state index is 15.0. The van der Waals surface area contributed by atoms with E-state index in [1.165, 1.54) is 18.2 Å². The zero-order chi connectivity index (χ0) is 23.5. The van der Waals surface area contributed by atoms with Crippen LogP contribution >= 0.6 is 0 Å². The summed E-state index contributed by atoms with van der Waals surface area (Å²) in [5.41, 5.74) is 3.36. The number of halogens is 2. The molecule has 34 heavy (non-hydrogen) atoms. The van der Waals surface area contributed by atoms with Gasteiger partial charge >= 0.3 is 0 Å². The van der Waals surface area contributed by atoms with Gasteiger partial charge < -0.3 is 14.2 Å². The van der Waals surface area contributed by atoms with Crippen LogP contribution < -0.4 is 0 Å². The Morgan fingerprint density at radius 3 is 2.35 bits per heavy atom. The van der Waals surface area contributed by atoms with Gasteiger partial charge in [0.25, 0.3) is 0 Å². The van der Waals surface area contributed by atoms with Crippen molar-refractivity contribution in [2.45, 2.75) is 18.9 Å². The van der Waals surface area contributed by atoms with Crippen LogP contribution in [0.15, 0.2) is 79.0 Å².